The maximum atomic E-state index is 14.9. The maximum absolute atomic E-state index is 14.9. The first-order valence-electron chi connectivity index (χ1n) is 24.0. The molecular formula is C51H55F2N11O5. The molecule has 16 nitrogen and oxygen atoms in total. The van der Waals surface area contributed by atoms with Gasteiger partial charge in [-0.05, 0) is 118 Å². The lowest BCUT2D eigenvalue weighted by molar-refractivity contribution is -0.136. The molecule has 1 atom stereocenters. The van der Waals surface area contributed by atoms with Crippen LogP contribution in [0.15, 0.2) is 73.2 Å². The third kappa shape index (κ3) is 9.45. The molecule has 0 radical (unpaired) electrons. The largest absolute Gasteiger partial charge is 0.492 e. The lowest BCUT2D eigenvalue weighted by Crippen LogP contribution is -2.61. The van der Waals surface area contributed by atoms with Crippen LogP contribution >= 0.6 is 0 Å². The summed E-state index contributed by atoms with van der Waals surface area (Å²) in [5.41, 5.74) is 4.28. The normalized spacial score (nSPS) is 20.2. The second-order valence-corrected chi connectivity index (χ2v) is 19.0. The average molecular weight is 940 g/mol. The molecular weight excluding hydrogens is 885 g/mol. The average Bonchev–Trinajstić information content (AvgIpc) is 3.93. The van der Waals surface area contributed by atoms with Gasteiger partial charge in [0.05, 0.1) is 41.2 Å². The van der Waals surface area contributed by atoms with E-state index in [1.807, 2.05) is 37.3 Å². The third-order valence-electron chi connectivity index (χ3n) is 14.7. The van der Waals surface area contributed by atoms with Gasteiger partial charge in [-0.3, -0.25) is 29.4 Å². The highest BCUT2D eigenvalue weighted by molar-refractivity contribution is 6.05. The quantitative estimate of drug-likeness (QED) is 0.161. The summed E-state index contributed by atoms with van der Waals surface area (Å²) in [6.07, 6.45) is 8.79. The molecule has 2 N–H and O–H groups in total. The SMILES string of the molecule is CCOc1cc(-c2ccc(N3CCC(CN4CCC(CN5CCN(c6ccc7c(c6)CN(C6CCC(=O)NC6=O)C7=O)CC5)CC4)(NC(=O)c4cc(F)ccc4F)CC3)nc2)c2c(C#N)cnn2c1. The number of ether oxygens (including phenoxy) is 1. The molecule has 2 aromatic carbocycles. The Morgan fingerprint density at radius 3 is 2.42 bits per heavy atom. The zero-order chi connectivity index (χ0) is 47.8. The highest BCUT2D eigenvalue weighted by atomic mass is 19.1. The van der Waals surface area contributed by atoms with Crippen LogP contribution in [-0.4, -0.2) is 137 Å². The van der Waals surface area contributed by atoms with Crippen molar-refractivity contribution in [1.29, 1.82) is 5.26 Å². The molecule has 4 saturated heterocycles. The van der Waals surface area contributed by atoms with Gasteiger partial charge in [0, 0.05) is 93.9 Å². The predicted octanol–water partition coefficient (Wildman–Crippen LogP) is 5.01. The Morgan fingerprint density at radius 1 is 0.899 bits per heavy atom. The van der Waals surface area contributed by atoms with Gasteiger partial charge in [0.1, 0.15) is 35.3 Å². The molecule has 5 aliphatic heterocycles. The van der Waals surface area contributed by atoms with E-state index in [0.717, 1.165) is 105 Å². The number of carbonyl (C=O) groups is 4. The van der Waals surface area contributed by atoms with Crippen LogP contribution in [-0.2, 0) is 16.1 Å². The van der Waals surface area contributed by atoms with Gasteiger partial charge in [0.25, 0.3) is 11.8 Å². The summed E-state index contributed by atoms with van der Waals surface area (Å²) in [6.45, 7) is 10.7. The van der Waals surface area contributed by atoms with Crippen molar-refractivity contribution in [2.24, 2.45) is 5.92 Å². The van der Waals surface area contributed by atoms with Crippen LogP contribution < -0.4 is 25.2 Å². The Morgan fingerprint density at radius 2 is 1.70 bits per heavy atom. The molecule has 4 amide bonds. The van der Waals surface area contributed by atoms with Gasteiger partial charge in [-0.25, -0.2) is 18.3 Å². The number of likely N-dealkylation sites (tertiary alicyclic amines) is 1. The lowest BCUT2D eigenvalue weighted by atomic mass is 9.85. The number of aromatic nitrogens is 3. The van der Waals surface area contributed by atoms with Crippen molar-refractivity contribution in [3.05, 3.63) is 107 Å². The van der Waals surface area contributed by atoms with Crippen molar-refractivity contribution in [3.8, 4) is 22.9 Å². The number of fused-ring (bicyclic) bond motifs is 2. The third-order valence-corrected chi connectivity index (χ3v) is 14.7. The zero-order valence-corrected chi connectivity index (χ0v) is 38.6. The molecule has 5 aromatic rings. The van der Waals surface area contributed by atoms with Crippen LogP contribution in [0.2, 0.25) is 0 Å². The number of benzene rings is 2. The molecule has 69 heavy (non-hydrogen) atoms. The summed E-state index contributed by atoms with van der Waals surface area (Å²) < 4.78 is 36.7. The number of nitrogens with one attached hydrogen (secondary N) is 2. The number of nitriles is 1. The van der Waals surface area contributed by atoms with Crippen LogP contribution in [0.3, 0.4) is 0 Å². The number of imide groups is 1. The number of hydrogen-bond acceptors (Lipinski definition) is 12. The molecule has 5 aliphatic rings. The van der Waals surface area contributed by atoms with Crippen molar-refractivity contribution >= 4 is 40.7 Å². The van der Waals surface area contributed by atoms with E-state index in [2.05, 4.69) is 47.5 Å². The fourth-order valence-corrected chi connectivity index (χ4v) is 10.9. The van der Waals surface area contributed by atoms with E-state index in [0.29, 0.717) is 80.4 Å². The number of amides is 4. The number of nitrogens with zero attached hydrogens (tertiary/aromatic N) is 9. The number of anilines is 2. The standard InChI is InChI=1S/C51H55F2N11O5/c1-2-69-39-25-41(47-36(26-54)28-56-64(47)31-39)34-3-9-45(55-27-34)62-17-13-51(14-18-62,58-48(66)42-24-37(52)4-7-43(42)53)32-60-15-11-33(12-16-60)29-59-19-21-61(22-20-59)38-5-6-40-35(23-38)30-63(50(40)68)44-8-10-46(65)57-49(44)67/h3-7,9,23-25,27-28,31,33,44H,2,8,10-22,29-30,32H2,1H3,(H,58,66)(H,57,65,67). The fourth-order valence-electron chi connectivity index (χ4n) is 10.9. The number of halogens is 2. The predicted molar refractivity (Wildman–Crippen MR) is 253 cm³/mol. The molecule has 3 aromatic heterocycles. The first-order chi connectivity index (χ1) is 33.5. The van der Waals surface area contributed by atoms with Crippen molar-refractivity contribution in [2.45, 2.75) is 63.6 Å². The van der Waals surface area contributed by atoms with E-state index in [4.69, 9.17) is 9.72 Å². The Bertz CT molecular complexity index is 2820. The second-order valence-electron chi connectivity index (χ2n) is 19.0. The topological polar surface area (TPSA) is 172 Å². The molecule has 10 rings (SSSR count). The molecule has 8 heterocycles. The Hall–Kier alpha value is -6.97. The van der Waals surface area contributed by atoms with Gasteiger partial charge in [0.15, 0.2) is 0 Å². The van der Waals surface area contributed by atoms with Crippen molar-refractivity contribution in [2.75, 3.05) is 81.9 Å². The van der Waals surface area contributed by atoms with Crippen LogP contribution in [0, 0.1) is 28.9 Å². The van der Waals surface area contributed by atoms with E-state index >= 15 is 0 Å². The number of hydrogen-bond donors (Lipinski definition) is 2. The number of rotatable bonds is 12. The lowest BCUT2D eigenvalue weighted by Gasteiger charge is -2.46. The maximum Gasteiger partial charge on any atom is 0.255 e. The van der Waals surface area contributed by atoms with Gasteiger partial charge in [-0.2, -0.15) is 10.4 Å². The second kappa shape index (κ2) is 19.2. The van der Waals surface area contributed by atoms with Crippen molar-refractivity contribution in [1.82, 2.24) is 39.9 Å². The van der Waals surface area contributed by atoms with Gasteiger partial charge in [0.2, 0.25) is 11.8 Å². The highest BCUT2D eigenvalue weighted by Crippen LogP contribution is 2.35. The summed E-state index contributed by atoms with van der Waals surface area (Å²) >= 11 is 0. The minimum absolute atomic E-state index is 0.168. The fraction of sp³-hybridized carbons (Fsp3) is 0.431. The molecule has 0 spiro atoms. The summed E-state index contributed by atoms with van der Waals surface area (Å²) in [5.74, 6) is -1.04. The number of carbonyl (C=O) groups excluding carboxylic acids is 4. The Balaban J connectivity index is 0.753. The van der Waals surface area contributed by atoms with Crippen LogP contribution in [0.4, 0.5) is 20.3 Å². The van der Waals surface area contributed by atoms with Crippen LogP contribution in [0.25, 0.3) is 16.6 Å². The van der Waals surface area contributed by atoms with Crippen LogP contribution in [0.1, 0.15) is 77.3 Å². The number of pyridine rings is 2. The van der Waals surface area contributed by atoms with Crippen molar-refractivity contribution in [3.63, 3.8) is 0 Å². The van der Waals surface area contributed by atoms with Crippen molar-refractivity contribution < 1.29 is 32.7 Å². The van der Waals surface area contributed by atoms with E-state index < -0.39 is 35.0 Å². The monoisotopic (exact) mass is 939 g/mol. The first kappa shape index (κ1) is 45.8. The van der Waals surface area contributed by atoms with Gasteiger partial charge < -0.3 is 29.7 Å². The van der Waals surface area contributed by atoms with E-state index in [-0.39, 0.29) is 23.8 Å². The first-order valence-corrected chi connectivity index (χ1v) is 24.0. The molecule has 1 unspecified atom stereocenters. The number of piperazine rings is 1. The van der Waals surface area contributed by atoms with E-state index in [9.17, 15) is 33.2 Å². The zero-order valence-electron chi connectivity index (χ0n) is 38.6. The summed E-state index contributed by atoms with van der Waals surface area (Å²) in [7, 11) is 0. The van der Waals surface area contributed by atoms with Gasteiger partial charge >= 0.3 is 0 Å². The minimum atomic E-state index is -0.767. The molecule has 0 bridgehead atoms. The smallest absolute Gasteiger partial charge is 0.255 e. The van der Waals surface area contributed by atoms with Gasteiger partial charge in [-0.15, -0.1) is 0 Å². The van der Waals surface area contributed by atoms with E-state index in [1.165, 1.54) is 6.20 Å². The number of piperidine rings is 3. The van der Waals surface area contributed by atoms with Crippen LogP contribution in [0.5, 0.6) is 5.75 Å². The Kier molecular flexibility index (Phi) is 12.7. The summed E-state index contributed by atoms with van der Waals surface area (Å²) in [4.78, 5) is 67.1. The van der Waals surface area contributed by atoms with E-state index in [1.54, 1.807) is 21.8 Å². The van der Waals surface area contributed by atoms with Gasteiger partial charge in [-0.1, -0.05) is 0 Å². The molecule has 18 heteroatoms. The Labute approximate surface area is 398 Å². The highest BCUT2D eigenvalue weighted by Gasteiger charge is 2.41. The molecule has 4 fully saturated rings. The molecule has 0 aliphatic carbocycles. The summed E-state index contributed by atoms with van der Waals surface area (Å²) in [6, 6.07) is 16.3. The molecule has 0 saturated carbocycles. The molecule has 358 valence electrons. The summed E-state index contributed by atoms with van der Waals surface area (Å²) in [5, 5.41) is 19.7. The minimum Gasteiger partial charge on any atom is -0.492 e.